The van der Waals surface area contributed by atoms with Crippen LogP contribution < -0.4 is 5.32 Å². The summed E-state index contributed by atoms with van der Waals surface area (Å²) in [6.45, 7) is 8.42. The predicted octanol–water partition coefficient (Wildman–Crippen LogP) is 2.34. The van der Waals surface area contributed by atoms with Crippen LogP contribution in [-0.2, 0) is 19.1 Å². The summed E-state index contributed by atoms with van der Waals surface area (Å²) in [6, 6.07) is -1.17. The Morgan fingerprint density at radius 2 is 2.10 bits per heavy atom. The molecule has 9 heteroatoms. The summed E-state index contributed by atoms with van der Waals surface area (Å²) >= 11 is 5.32. The highest BCUT2D eigenvalue weighted by atomic mass is 79.9. The molecule has 2 bridgehead atoms. The number of hydrogen-bond donors (Lipinski definition) is 2. The van der Waals surface area contributed by atoms with Crippen LogP contribution in [0.4, 0.5) is 0 Å². The number of nitrogens with one attached hydrogen (secondary N) is 1. The smallest absolute Gasteiger partial charge is 0.310 e. The van der Waals surface area contributed by atoms with Crippen LogP contribution in [0, 0.1) is 17.8 Å². The highest BCUT2D eigenvalue weighted by molar-refractivity contribution is 9.09. The van der Waals surface area contributed by atoms with Crippen molar-refractivity contribution in [2.45, 2.75) is 80.3 Å². The summed E-state index contributed by atoms with van der Waals surface area (Å²) in [5.74, 6) is -1.89. The molecule has 0 radical (unpaired) electrons. The number of unbranched alkanes of at least 4 members (excludes halogenated alkanes) is 1. The minimum atomic E-state index is -0.706. The minimum absolute atomic E-state index is 0.0259. The standard InChI is InChI=1S/C22H35BrN2O5S/c1-5-8-9-24-19(27)18-22-10-13(23)17(31-22)15(21(29)30-7-3)16(22)20(28)25(18)14(11-26)12(4)6-2/h12-18,26H,5-11H2,1-4H3,(H,24,27)/t12-,13?,14-,15+,16-,17+,18?,22?/m0/s1. The Balaban J connectivity index is 2.05. The van der Waals surface area contributed by atoms with Crippen molar-refractivity contribution in [2.24, 2.45) is 17.8 Å². The number of hydrogen-bond acceptors (Lipinski definition) is 6. The molecular weight excluding hydrogens is 484 g/mol. The van der Waals surface area contributed by atoms with E-state index >= 15 is 0 Å². The minimum Gasteiger partial charge on any atom is -0.466 e. The fourth-order valence-electron chi connectivity index (χ4n) is 5.53. The summed E-state index contributed by atoms with van der Waals surface area (Å²) in [6.07, 6.45) is 3.23. The molecule has 3 saturated heterocycles. The third-order valence-corrected chi connectivity index (χ3v) is 10.4. The average molecular weight is 520 g/mol. The van der Waals surface area contributed by atoms with Gasteiger partial charge in [-0.25, -0.2) is 0 Å². The molecule has 3 unspecified atom stereocenters. The lowest BCUT2D eigenvalue weighted by Gasteiger charge is -2.39. The van der Waals surface area contributed by atoms with Crippen molar-refractivity contribution in [1.82, 2.24) is 10.2 Å². The van der Waals surface area contributed by atoms with Gasteiger partial charge in [0.15, 0.2) is 0 Å². The van der Waals surface area contributed by atoms with Gasteiger partial charge in [-0.3, -0.25) is 14.4 Å². The fraction of sp³-hybridized carbons (Fsp3) is 0.864. The number of amides is 2. The Labute approximate surface area is 197 Å². The Morgan fingerprint density at radius 1 is 1.39 bits per heavy atom. The molecule has 3 aliphatic rings. The number of halogens is 1. The zero-order valence-electron chi connectivity index (χ0n) is 18.8. The number of fused-ring (bicyclic) bond motifs is 1. The Kier molecular flexibility index (Phi) is 8.01. The number of alkyl halides is 1. The van der Waals surface area contributed by atoms with E-state index in [4.69, 9.17) is 4.74 Å². The molecule has 3 aliphatic heterocycles. The van der Waals surface area contributed by atoms with Crippen molar-refractivity contribution >= 4 is 45.5 Å². The van der Waals surface area contributed by atoms with Crippen molar-refractivity contribution in [2.75, 3.05) is 19.8 Å². The van der Waals surface area contributed by atoms with Crippen molar-refractivity contribution in [1.29, 1.82) is 0 Å². The summed E-state index contributed by atoms with van der Waals surface area (Å²) in [5.41, 5.74) is 0. The van der Waals surface area contributed by atoms with Gasteiger partial charge in [0.1, 0.15) is 6.04 Å². The molecule has 3 heterocycles. The number of likely N-dealkylation sites (tertiary alicyclic amines) is 1. The molecule has 0 aromatic carbocycles. The van der Waals surface area contributed by atoms with Crippen molar-refractivity contribution in [3.8, 4) is 0 Å². The van der Waals surface area contributed by atoms with E-state index in [-0.39, 0.29) is 47.0 Å². The Morgan fingerprint density at radius 3 is 2.68 bits per heavy atom. The Bertz CT molecular complexity index is 709. The van der Waals surface area contributed by atoms with Crippen LogP contribution in [0.15, 0.2) is 0 Å². The molecule has 3 rings (SSSR count). The van der Waals surface area contributed by atoms with Crippen LogP contribution in [0.1, 0.15) is 53.4 Å². The Hall–Kier alpha value is -0.800. The largest absolute Gasteiger partial charge is 0.466 e. The molecule has 0 aromatic heterocycles. The number of aliphatic hydroxyl groups excluding tert-OH is 1. The first-order valence-electron chi connectivity index (χ1n) is 11.5. The molecule has 2 amide bonds. The van der Waals surface area contributed by atoms with E-state index in [2.05, 4.69) is 28.2 Å². The second kappa shape index (κ2) is 10.00. The van der Waals surface area contributed by atoms with E-state index in [1.54, 1.807) is 23.6 Å². The van der Waals surface area contributed by atoms with Gasteiger partial charge in [-0.15, -0.1) is 11.8 Å². The molecule has 31 heavy (non-hydrogen) atoms. The summed E-state index contributed by atoms with van der Waals surface area (Å²) in [5, 5.41) is 13.2. The quantitative estimate of drug-likeness (QED) is 0.261. The molecule has 7 nitrogen and oxygen atoms in total. The van der Waals surface area contributed by atoms with E-state index in [0.717, 1.165) is 19.3 Å². The number of aliphatic hydroxyl groups is 1. The summed E-state index contributed by atoms with van der Waals surface area (Å²) < 4.78 is 4.66. The van der Waals surface area contributed by atoms with Crippen LogP contribution in [0.25, 0.3) is 0 Å². The van der Waals surface area contributed by atoms with E-state index in [0.29, 0.717) is 13.0 Å². The average Bonchev–Trinajstić information content (AvgIpc) is 3.32. The second-order valence-corrected chi connectivity index (χ2v) is 11.7. The molecule has 2 N–H and O–H groups in total. The first kappa shape index (κ1) is 24.8. The lowest BCUT2D eigenvalue weighted by molar-refractivity contribution is -0.154. The fourth-order valence-corrected chi connectivity index (χ4v) is 9.12. The zero-order valence-corrected chi connectivity index (χ0v) is 21.2. The van der Waals surface area contributed by atoms with Gasteiger partial charge in [-0.05, 0) is 25.7 Å². The van der Waals surface area contributed by atoms with Crippen LogP contribution in [-0.4, -0.2) is 74.5 Å². The van der Waals surface area contributed by atoms with Crippen molar-refractivity contribution in [3.05, 3.63) is 0 Å². The lowest BCUT2D eigenvalue weighted by atomic mass is 9.71. The summed E-state index contributed by atoms with van der Waals surface area (Å²) in [4.78, 5) is 41.9. The van der Waals surface area contributed by atoms with Gasteiger partial charge in [0.25, 0.3) is 0 Å². The van der Waals surface area contributed by atoms with Gasteiger partial charge < -0.3 is 20.1 Å². The highest BCUT2D eigenvalue weighted by Crippen LogP contribution is 2.68. The first-order chi connectivity index (χ1) is 14.8. The maximum absolute atomic E-state index is 13.9. The molecule has 8 atom stereocenters. The van der Waals surface area contributed by atoms with Gasteiger partial charge in [0.05, 0.1) is 35.8 Å². The highest BCUT2D eigenvalue weighted by Gasteiger charge is 2.76. The van der Waals surface area contributed by atoms with E-state index < -0.39 is 28.7 Å². The van der Waals surface area contributed by atoms with Gasteiger partial charge in [0.2, 0.25) is 11.8 Å². The maximum Gasteiger partial charge on any atom is 0.310 e. The molecule has 1 spiro atoms. The van der Waals surface area contributed by atoms with E-state index in [9.17, 15) is 19.5 Å². The summed E-state index contributed by atoms with van der Waals surface area (Å²) in [7, 11) is 0. The molecule has 0 aliphatic carbocycles. The second-order valence-electron chi connectivity index (χ2n) is 8.94. The molecule has 176 valence electrons. The molecule has 3 fully saturated rings. The van der Waals surface area contributed by atoms with Gasteiger partial charge in [-0.2, -0.15) is 0 Å². The molecule has 0 saturated carbocycles. The molecular formula is C22H35BrN2O5S. The SMILES string of the molecule is CCCCNC(=O)C1N([C@@H](CO)[C@@H](C)CC)C(=O)[C@@H]2[C@@H](C(=O)OCC)[C@@H]3SC12CC3Br. The number of nitrogens with zero attached hydrogens (tertiary/aromatic N) is 1. The van der Waals surface area contributed by atoms with Gasteiger partial charge in [-0.1, -0.05) is 49.5 Å². The van der Waals surface area contributed by atoms with Crippen molar-refractivity contribution < 1.29 is 24.2 Å². The van der Waals surface area contributed by atoms with E-state index in [1.165, 1.54) is 0 Å². The van der Waals surface area contributed by atoms with Gasteiger partial charge in [0, 0.05) is 16.6 Å². The first-order valence-corrected chi connectivity index (χ1v) is 13.3. The number of rotatable bonds is 10. The number of ether oxygens (including phenoxy) is 1. The van der Waals surface area contributed by atoms with Gasteiger partial charge >= 0.3 is 5.97 Å². The lowest BCUT2D eigenvalue weighted by Crippen LogP contribution is -2.58. The third-order valence-electron chi connectivity index (χ3n) is 7.21. The monoisotopic (exact) mass is 518 g/mol. The normalized spacial score (nSPS) is 35.7. The van der Waals surface area contributed by atoms with Crippen LogP contribution >= 0.6 is 27.7 Å². The van der Waals surface area contributed by atoms with Crippen LogP contribution in [0.5, 0.6) is 0 Å². The predicted molar refractivity (Wildman–Crippen MR) is 124 cm³/mol. The molecule has 0 aromatic rings. The zero-order chi connectivity index (χ0) is 22.9. The number of thioether (sulfide) groups is 1. The number of carbonyl (C=O) groups is 3. The maximum atomic E-state index is 13.9. The third kappa shape index (κ3) is 4.03. The number of carbonyl (C=O) groups excluding carboxylic acids is 3. The number of esters is 1. The van der Waals surface area contributed by atoms with Crippen LogP contribution in [0.3, 0.4) is 0 Å². The van der Waals surface area contributed by atoms with Crippen LogP contribution in [0.2, 0.25) is 0 Å². The van der Waals surface area contributed by atoms with E-state index in [1.807, 2.05) is 13.8 Å². The van der Waals surface area contributed by atoms with Crippen molar-refractivity contribution in [3.63, 3.8) is 0 Å². The topological polar surface area (TPSA) is 95.9 Å².